The Hall–Kier alpha value is -2.56. The number of nitrogens with one attached hydrogen (secondary N) is 1. The molecule has 1 unspecified atom stereocenters. The minimum Gasteiger partial charge on any atom is -0.490 e. The summed E-state index contributed by atoms with van der Waals surface area (Å²) >= 11 is 0. The van der Waals surface area contributed by atoms with Crippen LogP contribution in [0.1, 0.15) is 62.2 Å². The van der Waals surface area contributed by atoms with Gasteiger partial charge >= 0.3 is 0 Å². The summed E-state index contributed by atoms with van der Waals surface area (Å²) in [5.41, 5.74) is 1.74. The van der Waals surface area contributed by atoms with Crippen LogP contribution in [0.4, 0.5) is 4.39 Å². The highest BCUT2D eigenvalue weighted by atomic mass is 19.1. The molecule has 2 aromatic rings. The highest BCUT2D eigenvalue weighted by Gasteiger charge is 2.32. The SMILES string of the molecule is O=C(NC1CCC(Oc2ccc3c(c2)CCC(c2ccccc2F)O3)CC1)C1CC1. The van der Waals surface area contributed by atoms with Gasteiger partial charge in [-0.2, -0.15) is 0 Å². The molecule has 5 heteroatoms. The van der Waals surface area contributed by atoms with Crippen molar-refractivity contribution in [2.75, 3.05) is 0 Å². The van der Waals surface area contributed by atoms with Gasteiger partial charge in [0.05, 0.1) is 6.10 Å². The molecule has 2 fully saturated rings. The number of benzene rings is 2. The standard InChI is InChI=1S/C25H28FNO3/c26-22-4-2-1-3-21(22)24-13-7-17-15-20(12-14-23(17)30-24)29-19-10-8-18(9-11-19)27-25(28)16-5-6-16/h1-4,12,14-16,18-19,24H,5-11,13H2,(H,27,28). The van der Waals surface area contributed by atoms with E-state index in [4.69, 9.17) is 9.47 Å². The van der Waals surface area contributed by atoms with Gasteiger partial charge in [0.25, 0.3) is 0 Å². The summed E-state index contributed by atoms with van der Waals surface area (Å²) in [5.74, 6) is 1.98. The number of aryl methyl sites for hydroxylation is 1. The van der Waals surface area contributed by atoms with E-state index in [0.717, 1.165) is 68.4 Å². The fraction of sp³-hybridized carbons (Fsp3) is 0.480. The highest BCUT2D eigenvalue weighted by molar-refractivity contribution is 5.81. The lowest BCUT2D eigenvalue weighted by atomic mass is 9.92. The molecular formula is C25H28FNO3. The Balaban J connectivity index is 1.16. The van der Waals surface area contributed by atoms with Crippen LogP contribution in [0.2, 0.25) is 0 Å². The van der Waals surface area contributed by atoms with Gasteiger partial charge in [-0.3, -0.25) is 4.79 Å². The topological polar surface area (TPSA) is 47.6 Å². The second-order valence-corrected chi connectivity index (χ2v) is 8.81. The second kappa shape index (κ2) is 8.29. The molecule has 1 aliphatic heterocycles. The van der Waals surface area contributed by atoms with Crippen LogP contribution >= 0.6 is 0 Å². The zero-order valence-corrected chi connectivity index (χ0v) is 17.1. The van der Waals surface area contributed by atoms with Crippen LogP contribution in [0.5, 0.6) is 11.5 Å². The summed E-state index contributed by atoms with van der Waals surface area (Å²) in [6, 6.07) is 13.1. The first-order valence-corrected chi connectivity index (χ1v) is 11.2. The normalized spacial score (nSPS) is 25.7. The number of hydrogen-bond donors (Lipinski definition) is 1. The van der Waals surface area contributed by atoms with E-state index in [1.54, 1.807) is 12.1 Å². The third-order valence-corrected chi connectivity index (χ3v) is 6.50. The van der Waals surface area contributed by atoms with Crippen molar-refractivity contribution < 1.29 is 18.7 Å². The van der Waals surface area contributed by atoms with Gasteiger partial charge in [0.1, 0.15) is 23.4 Å². The largest absolute Gasteiger partial charge is 0.490 e. The Bertz CT molecular complexity index is 918. The summed E-state index contributed by atoms with van der Waals surface area (Å²) in [7, 11) is 0. The van der Waals surface area contributed by atoms with Crippen LogP contribution in [0.25, 0.3) is 0 Å². The summed E-state index contributed by atoms with van der Waals surface area (Å²) < 4.78 is 26.4. The van der Waals surface area contributed by atoms with Crippen molar-refractivity contribution in [3.63, 3.8) is 0 Å². The number of amides is 1. The molecule has 1 atom stereocenters. The van der Waals surface area contributed by atoms with Crippen LogP contribution in [0.15, 0.2) is 42.5 Å². The summed E-state index contributed by atoms with van der Waals surface area (Å²) in [5, 5.41) is 3.19. The Morgan fingerprint density at radius 2 is 1.80 bits per heavy atom. The molecule has 2 saturated carbocycles. The summed E-state index contributed by atoms with van der Waals surface area (Å²) in [6.45, 7) is 0. The first-order valence-electron chi connectivity index (χ1n) is 11.2. The predicted octanol–water partition coefficient (Wildman–Crippen LogP) is 5.11. The number of ether oxygens (including phenoxy) is 2. The summed E-state index contributed by atoms with van der Waals surface area (Å²) in [4.78, 5) is 11.9. The molecule has 158 valence electrons. The number of carbonyl (C=O) groups excluding carboxylic acids is 1. The van der Waals surface area contributed by atoms with Crippen molar-refractivity contribution in [3.8, 4) is 11.5 Å². The van der Waals surface area contributed by atoms with Crippen LogP contribution < -0.4 is 14.8 Å². The molecule has 2 aromatic carbocycles. The Kier molecular flexibility index (Phi) is 5.36. The first-order chi connectivity index (χ1) is 14.7. The zero-order chi connectivity index (χ0) is 20.5. The molecule has 0 radical (unpaired) electrons. The molecule has 0 saturated heterocycles. The molecule has 30 heavy (non-hydrogen) atoms. The smallest absolute Gasteiger partial charge is 0.223 e. The van der Waals surface area contributed by atoms with Crippen molar-refractivity contribution in [1.29, 1.82) is 0 Å². The van der Waals surface area contributed by atoms with E-state index in [2.05, 4.69) is 11.4 Å². The lowest BCUT2D eigenvalue weighted by molar-refractivity contribution is -0.123. The van der Waals surface area contributed by atoms with E-state index < -0.39 is 0 Å². The van der Waals surface area contributed by atoms with Crippen molar-refractivity contribution in [1.82, 2.24) is 5.32 Å². The summed E-state index contributed by atoms with van der Waals surface area (Å²) in [6.07, 6.45) is 7.49. The molecule has 1 heterocycles. The number of hydrogen-bond acceptors (Lipinski definition) is 3. The Labute approximate surface area is 176 Å². The number of rotatable bonds is 5. The average Bonchev–Trinajstić information content (AvgIpc) is 3.61. The van der Waals surface area contributed by atoms with Gasteiger partial charge in [-0.25, -0.2) is 4.39 Å². The minimum absolute atomic E-state index is 0.188. The van der Waals surface area contributed by atoms with E-state index in [1.807, 2.05) is 18.2 Å². The Morgan fingerprint density at radius 1 is 1.00 bits per heavy atom. The number of halogens is 1. The third-order valence-electron chi connectivity index (χ3n) is 6.50. The van der Waals surface area contributed by atoms with Crippen molar-refractivity contribution in [2.45, 2.75) is 69.6 Å². The molecule has 0 aromatic heterocycles. The molecule has 4 nitrogen and oxygen atoms in total. The van der Waals surface area contributed by atoms with E-state index >= 15 is 0 Å². The van der Waals surface area contributed by atoms with Crippen LogP contribution in [0, 0.1) is 11.7 Å². The van der Waals surface area contributed by atoms with Gasteiger partial charge in [0.2, 0.25) is 5.91 Å². The molecule has 3 aliphatic rings. The lowest BCUT2D eigenvalue weighted by Crippen LogP contribution is -2.40. The first kappa shape index (κ1) is 19.4. The molecule has 1 amide bonds. The second-order valence-electron chi connectivity index (χ2n) is 8.81. The maximum Gasteiger partial charge on any atom is 0.223 e. The number of fused-ring (bicyclic) bond motifs is 1. The highest BCUT2D eigenvalue weighted by Crippen LogP contribution is 2.38. The Morgan fingerprint density at radius 3 is 2.57 bits per heavy atom. The minimum atomic E-state index is -0.244. The molecule has 5 rings (SSSR count). The van der Waals surface area contributed by atoms with Crippen LogP contribution in [0.3, 0.4) is 0 Å². The maximum atomic E-state index is 14.1. The molecule has 2 aliphatic carbocycles. The van der Waals surface area contributed by atoms with Gasteiger partial charge in [-0.05, 0) is 81.2 Å². The molecule has 0 spiro atoms. The van der Waals surface area contributed by atoms with Gasteiger partial charge in [-0.1, -0.05) is 18.2 Å². The third kappa shape index (κ3) is 4.30. The van der Waals surface area contributed by atoms with Crippen LogP contribution in [-0.2, 0) is 11.2 Å². The van der Waals surface area contributed by atoms with E-state index in [0.29, 0.717) is 11.6 Å². The molecular weight excluding hydrogens is 381 g/mol. The maximum absolute atomic E-state index is 14.1. The zero-order valence-electron chi connectivity index (χ0n) is 17.1. The van der Waals surface area contributed by atoms with Gasteiger partial charge in [0, 0.05) is 17.5 Å². The lowest BCUT2D eigenvalue weighted by Gasteiger charge is -2.30. The molecule has 1 N–H and O–H groups in total. The monoisotopic (exact) mass is 409 g/mol. The van der Waals surface area contributed by atoms with E-state index in [1.165, 1.54) is 6.07 Å². The fourth-order valence-corrected chi connectivity index (χ4v) is 4.58. The van der Waals surface area contributed by atoms with Gasteiger partial charge < -0.3 is 14.8 Å². The quantitative estimate of drug-likeness (QED) is 0.747. The van der Waals surface area contributed by atoms with E-state index in [9.17, 15) is 9.18 Å². The average molecular weight is 410 g/mol. The van der Waals surface area contributed by atoms with Crippen molar-refractivity contribution in [2.24, 2.45) is 5.92 Å². The predicted molar refractivity (Wildman–Crippen MR) is 112 cm³/mol. The number of carbonyl (C=O) groups is 1. The molecule has 0 bridgehead atoms. The van der Waals surface area contributed by atoms with E-state index in [-0.39, 0.29) is 29.9 Å². The van der Waals surface area contributed by atoms with Crippen molar-refractivity contribution >= 4 is 5.91 Å². The van der Waals surface area contributed by atoms with Gasteiger partial charge in [-0.15, -0.1) is 0 Å². The van der Waals surface area contributed by atoms with Crippen molar-refractivity contribution in [3.05, 3.63) is 59.4 Å². The fourth-order valence-electron chi connectivity index (χ4n) is 4.58. The van der Waals surface area contributed by atoms with Gasteiger partial charge in [0.15, 0.2) is 0 Å². The van der Waals surface area contributed by atoms with Crippen LogP contribution in [-0.4, -0.2) is 18.1 Å².